The predicted molar refractivity (Wildman–Crippen MR) is 54.1 cm³/mol. The summed E-state index contributed by atoms with van der Waals surface area (Å²) >= 11 is 1.33. The Hall–Kier alpha value is -1.28. The van der Waals surface area contributed by atoms with Crippen LogP contribution in [0.2, 0.25) is 0 Å². The smallest absolute Gasteiger partial charge is 0.225 e. The summed E-state index contributed by atoms with van der Waals surface area (Å²) in [7, 11) is 0. The molecule has 0 aliphatic carbocycles. The molecule has 1 heterocycles. The van der Waals surface area contributed by atoms with E-state index in [0.717, 1.165) is 21.2 Å². The first-order valence-corrected chi connectivity index (χ1v) is 4.92. The average molecular weight is 186 g/mol. The molecule has 1 aliphatic heterocycles. The molecule has 0 fully saturated rings. The number of rotatable bonds is 0. The standard InChI is InChI=1S/C11H6OS/c12-11-10-8-4-2-1-3-7(8)5-6-9(10)13-11/h1-6H. The van der Waals surface area contributed by atoms with Crippen LogP contribution in [0.3, 0.4) is 0 Å². The van der Waals surface area contributed by atoms with Crippen LogP contribution in [0.15, 0.2) is 41.3 Å². The van der Waals surface area contributed by atoms with Gasteiger partial charge in [0.1, 0.15) is 0 Å². The van der Waals surface area contributed by atoms with Crippen molar-refractivity contribution >= 4 is 27.6 Å². The fraction of sp³-hybridized carbons (Fsp3) is 0. The van der Waals surface area contributed by atoms with E-state index in [9.17, 15) is 4.79 Å². The summed E-state index contributed by atoms with van der Waals surface area (Å²) in [6.45, 7) is 0. The van der Waals surface area contributed by atoms with E-state index in [4.69, 9.17) is 0 Å². The third-order valence-electron chi connectivity index (χ3n) is 2.30. The number of thioether (sulfide) groups is 1. The van der Waals surface area contributed by atoms with Crippen LogP contribution in [0.4, 0.5) is 0 Å². The Bertz CT molecular complexity index is 516. The van der Waals surface area contributed by atoms with Crippen molar-refractivity contribution in [2.24, 2.45) is 0 Å². The van der Waals surface area contributed by atoms with Crippen molar-refractivity contribution in [3.8, 4) is 0 Å². The fourth-order valence-corrected chi connectivity index (χ4v) is 2.46. The molecular formula is C11H6OS. The molecule has 1 nitrogen and oxygen atoms in total. The van der Waals surface area contributed by atoms with Gasteiger partial charge in [-0.05, 0) is 28.6 Å². The lowest BCUT2D eigenvalue weighted by atomic mass is 10.0. The molecule has 0 unspecified atom stereocenters. The van der Waals surface area contributed by atoms with E-state index in [0.29, 0.717) is 0 Å². The highest BCUT2D eigenvalue weighted by Crippen LogP contribution is 2.41. The van der Waals surface area contributed by atoms with Gasteiger partial charge in [-0.25, -0.2) is 0 Å². The first kappa shape index (κ1) is 7.15. The average Bonchev–Trinajstić information content (AvgIpc) is 2.14. The van der Waals surface area contributed by atoms with Gasteiger partial charge in [-0.2, -0.15) is 0 Å². The third kappa shape index (κ3) is 0.864. The fourth-order valence-electron chi connectivity index (χ4n) is 1.65. The van der Waals surface area contributed by atoms with Crippen LogP contribution in [-0.2, 0) is 0 Å². The van der Waals surface area contributed by atoms with Crippen molar-refractivity contribution < 1.29 is 4.79 Å². The molecule has 0 aromatic heterocycles. The van der Waals surface area contributed by atoms with Gasteiger partial charge in [0.15, 0.2) is 0 Å². The summed E-state index contributed by atoms with van der Waals surface area (Å²) in [5, 5.41) is 2.44. The highest BCUT2D eigenvalue weighted by atomic mass is 32.2. The lowest BCUT2D eigenvalue weighted by Gasteiger charge is -2.17. The highest BCUT2D eigenvalue weighted by molar-refractivity contribution is 8.16. The van der Waals surface area contributed by atoms with E-state index in [1.807, 2.05) is 30.3 Å². The monoisotopic (exact) mass is 186 g/mol. The maximum absolute atomic E-state index is 11.3. The van der Waals surface area contributed by atoms with Gasteiger partial charge in [-0.1, -0.05) is 30.3 Å². The van der Waals surface area contributed by atoms with Crippen LogP contribution < -0.4 is 0 Å². The molecule has 2 heteroatoms. The first-order chi connectivity index (χ1) is 6.36. The second-order valence-electron chi connectivity index (χ2n) is 3.05. The summed E-state index contributed by atoms with van der Waals surface area (Å²) in [6.07, 6.45) is 0. The predicted octanol–water partition coefficient (Wildman–Crippen LogP) is 3.09. The molecule has 2 aromatic carbocycles. The van der Waals surface area contributed by atoms with Crippen molar-refractivity contribution in [2.75, 3.05) is 0 Å². The van der Waals surface area contributed by atoms with Crippen molar-refractivity contribution in [1.29, 1.82) is 0 Å². The molecule has 0 saturated heterocycles. The van der Waals surface area contributed by atoms with Crippen molar-refractivity contribution in [3.63, 3.8) is 0 Å². The quantitative estimate of drug-likeness (QED) is 0.629. The minimum atomic E-state index is 0.201. The number of benzene rings is 2. The molecule has 0 spiro atoms. The van der Waals surface area contributed by atoms with Crippen LogP contribution in [-0.4, -0.2) is 5.12 Å². The van der Waals surface area contributed by atoms with Gasteiger partial charge in [-0.3, -0.25) is 4.79 Å². The van der Waals surface area contributed by atoms with Crippen LogP contribution in [0.25, 0.3) is 10.8 Å². The molecular weight excluding hydrogens is 180 g/mol. The molecule has 0 atom stereocenters. The number of hydrogen-bond acceptors (Lipinski definition) is 2. The summed E-state index contributed by atoms with van der Waals surface area (Å²) < 4.78 is 0. The number of fused-ring (bicyclic) bond motifs is 3. The van der Waals surface area contributed by atoms with Gasteiger partial charge in [0.2, 0.25) is 5.12 Å². The molecule has 0 amide bonds. The Morgan fingerprint density at radius 1 is 1.00 bits per heavy atom. The van der Waals surface area contributed by atoms with E-state index >= 15 is 0 Å². The molecule has 13 heavy (non-hydrogen) atoms. The van der Waals surface area contributed by atoms with E-state index in [-0.39, 0.29) is 5.12 Å². The molecule has 3 rings (SSSR count). The lowest BCUT2D eigenvalue weighted by molar-refractivity contribution is 0.107. The van der Waals surface area contributed by atoms with Crippen LogP contribution >= 0.6 is 11.8 Å². The summed E-state index contributed by atoms with van der Waals surface area (Å²) in [5.74, 6) is 0. The van der Waals surface area contributed by atoms with Crippen molar-refractivity contribution in [2.45, 2.75) is 4.90 Å². The SMILES string of the molecule is O=C1Sc2ccc3ccccc3c21. The van der Waals surface area contributed by atoms with Gasteiger partial charge in [0.25, 0.3) is 0 Å². The van der Waals surface area contributed by atoms with Gasteiger partial charge >= 0.3 is 0 Å². The summed E-state index contributed by atoms with van der Waals surface area (Å²) in [5.41, 5.74) is 0.906. The zero-order valence-corrected chi connectivity index (χ0v) is 7.60. The Morgan fingerprint density at radius 2 is 1.85 bits per heavy atom. The zero-order valence-electron chi connectivity index (χ0n) is 6.78. The molecule has 0 radical (unpaired) electrons. The molecule has 2 aromatic rings. The first-order valence-electron chi connectivity index (χ1n) is 4.10. The largest absolute Gasteiger partial charge is 0.281 e. The van der Waals surface area contributed by atoms with Gasteiger partial charge in [0.05, 0.1) is 5.56 Å². The Labute approximate surface area is 79.8 Å². The van der Waals surface area contributed by atoms with E-state index in [2.05, 4.69) is 6.07 Å². The summed E-state index contributed by atoms with van der Waals surface area (Å²) in [6, 6.07) is 12.1. The molecule has 62 valence electrons. The number of hydrogen-bond donors (Lipinski definition) is 0. The van der Waals surface area contributed by atoms with Gasteiger partial charge in [-0.15, -0.1) is 0 Å². The Morgan fingerprint density at radius 3 is 2.69 bits per heavy atom. The summed E-state index contributed by atoms with van der Waals surface area (Å²) in [4.78, 5) is 12.4. The van der Waals surface area contributed by atoms with E-state index in [1.165, 1.54) is 11.8 Å². The van der Waals surface area contributed by atoms with Gasteiger partial charge in [0, 0.05) is 4.90 Å². The second-order valence-corrected chi connectivity index (χ2v) is 4.06. The second kappa shape index (κ2) is 2.36. The maximum Gasteiger partial charge on any atom is 0.225 e. The lowest BCUT2D eigenvalue weighted by Crippen LogP contribution is -2.07. The highest BCUT2D eigenvalue weighted by Gasteiger charge is 2.26. The van der Waals surface area contributed by atoms with Crippen LogP contribution in [0.5, 0.6) is 0 Å². The topological polar surface area (TPSA) is 17.1 Å². The third-order valence-corrected chi connectivity index (χ3v) is 3.25. The molecule has 1 aliphatic rings. The molecule has 0 bridgehead atoms. The minimum absolute atomic E-state index is 0.201. The van der Waals surface area contributed by atoms with E-state index in [1.54, 1.807) is 0 Å². The van der Waals surface area contributed by atoms with Crippen LogP contribution in [0.1, 0.15) is 10.4 Å². The molecule has 0 N–H and O–H groups in total. The van der Waals surface area contributed by atoms with E-state index < -0.39 is 0 Å². The van der Waals surface area contributed by atoms with Gasteiger partial charge < -0.3 is 0 Å². The zero-order chi connectivity index (χ0) is 8.84. The minimum Gasteiger partial charge on any atom is -0.281 e. The van der Waals surface area contributed by atoms with Crippen molar-refractivity contribution in [3.05, 3.63) is 42.0 Å². The van der Waals surface area contributed by atoms with Crippen molar-refractivity contribution in [1.82, 2.24) is 0 Å². The van der Waals surface area contributed by atoms with Crippen LogP contribution in [0, 0.1) is 0 Å². The normalized spacial score (nSPS) is 14.0. The Balaban J connectivity index is 2.50. The Kier molecular flexibility index (Phi) is 1.30. The number of carbonyl (C=O) groups is 1. The molecule has 0 saturated carbocycles. The maximum atomic E-state index is 11.3. The number of carbonyl (C=O) groups excluding carboxylic acids is 1.